The van der Waals surface area contributed by atoms with E-state index < -0.39 is 0 Å². The van der Waals surface area contributed by atoms with Gasteiger partial charge in [-0.05, 0) is 25.3 Å². The minimum absolute atomic E-state index is 0.0168. The molecule has 0 unspecified atom stereocenters. The second-order valence-electron chi connectivity index (χ2n) is 4.62. The first kappa shape index (κ1) is 12.8. The van der Waals surface area contributed by atoms with Crippen molar-refractivity contribution in [1.29, 1.82) is 0 Å². The van der Waals surface area contributed by atoms with Crippen molar-refractivity contribution >= 4 is 12.0 Å². The molecule has 1 saturated carbocycles. The molecule has 1 amide bonds. The highest BCUT2D eigenvalue weighted by atomic mass is 16.3. The van der Waals surface area contributed by atoms with E-state index in [9.17, 15) is 4.79 Å². The third-order valence-corrected chi connectivity index (χ3v) is 3.28. The van der Waals surface area contributed by atoms with Crippen molar-refractivity contribution in [1.82, 2.24) is 14.7 Å². The zero-order valence-corrected chi connectivity index (χ0v) is 10.6. The molecule has 18 heavy (non-hydrogen) atoms. The van der Waals surface area contributed by atoms with E-state index in [2.05, 4.69) is 5.10 Å². The fourth-order valence-corrected chi connectivity index (χ4v) is 2.07. The normalized spacial score (nSPS) is 15.9. The second-order valence-corrected chi connectivity index (χ2v) is 4.62. The number of hydrogen-bond donors (Lipinski definition) is 1. The van der Waals surface area contributed by atoms with E-state index in [0.717, 1.165) is 18.4 Å². The smallest absolute Gasteiger partial charge is 0.246 e. The summed E-state index contributed by atoms with van der Waals surface area (Å²) in [5.41, 5.74) is 0.906. The Morgan fingerprint density at radius 2 is 2.44 bits per heavy atom. The van der Waals surface area contributed by atoms with Gasteiger partial charge < -0.3 is 10.0 Å². The van der Waals surface area contributed by atoms with Crippen molar-refractivity contribution in [3.8, 4) is 0 Å². The molecular weight excluding hydrogens is 230 g/mol. The van der Waals surface area contributed by atoms with Gasteiger partial charge in [0, 0.05) is 37.5 Å². The number of aromatic nitrogens is 2. The molecule has 1 heterocycles. The van der Waals surface area contributed by atoms with Gasteiger partial charge in [0.15, 0.2) is 0 Å². The zero-order valence-electron chi connectivity index (χ0n) is 10.6. The second kappa shape index (κ2) is 5.82. The molecule has 1 aromatic heterocycles. The van der Waals surface area contributed by atoms with Crippen LogP contribution in [-0.4, -0.2) is 44.9 Å². The van der Waals surface area contributed by atoms with Crippen molar-refractivity contribution < 1.29 is 9.90 Å². The summed E-state index contributed by atoms with van der Waals surface area (Å²) in [6, 6.07) is 0.309. The Labute approximate surface area is 107 Å². The minimum Gasteiger partial charge on any atom is -0.395 e. The Bertz CT molecular complexity index is 435. The van der Waals surface area contributed by atoms with Crippen LogP contribution in [0.2, 0.25) is 0 Å². The summed E-state index contributed by atoms with van der Waals surface area (Å²) in [6.45, 7) is 0.434. The van der Waals surface area contributed by atoms with Crippen molar-refractivity contribution in [2.75, 3.05) is 13.2 Å². The molecule has 0 atom stereocenters. The van der Waals surface area contributed by atoms with Crippen molar-refractivity contribution in [3.05, 3.63) is 24.0 Å². The predicted molar refractivity (Wildman–Crippen MR) is 68.7 cm³/mol. The first-order valence-corrected chi connectivity index (χ1v) is 6.29. The summed E-state index contributed by atoms with van der Waals surface area (Å²) in [7, 11) is 1.84. The number of nitrogens with zero attached hydrogens (tertiary/aromatic N) is 3. The van der Waals surface area contributed by atoms with Crippen molar-refractivity contribution in [2.24, 2.45) is 7.05 Å². The number of hydrogen-bond acceptors (Lipinski definition) is 3. The lowest BCUT2D eigenvalue weighted by Gasteiger charge is -2.36. The van der Waals surface area contributed by atoms with E-state index in [1.165, 1.54) is 6.42 Å². The number of aliphatic hydroxyl groups is 1. The average molecular weight is 249 g/mol. The number of aryl methyl sites for hydroxylation is 1. The van der Waals surface area contributed by atoms with Gasteiger partial charge in [0.25, 0.3) is 0 Å². The molecule has 5 heteroatoms. The van der Waals surface area contributed by atoms with Crippen LogP contribution >= 0.6 is 0 Å². The molecule has 1 aliphatic rings. The molecule has 0 spiro atoms. The Kier molecular flexibility index (Phi) is 4.15. The average Bonchev–Trinajstić information content (AvgIpc) is 2.69. The highest BCUT2D eigenvalue weighted by molar-refractivity contribution is 5.92. The van der Waals surface area contributed by atoms with Crippen molar-refractivity contribution in [3.63, 3.8) is 0 Å². The largest absolute Gasteiger partial charge is 0.395 e. The molecular formula is C13H19N3O2. The van der Waals surface area contributed by atoms with Crippen LogP contribution in [0.15, 0.2) is 18.5 Å². The Hall–Kier alpha value is -1.62. The molecule has 0 bridgehead atoms. The quantitative estimate of drug-likeness (QED) is 0.785. The summed E-state index contributed by atoms with van der Waals surface area (Å²) in [5, 5.41) is 13.1. The fourth-order valence-electron chi connectivity index (χ4n) is 2.07. The molecule has 5 nitrogen and oxygen atoms in total. The first-order chi connectivity index (χ1) is 8.70. The van der Waals surface area contributed by atoms with E-state index in [1.807, 2.05) is 13.2 Å². The van der Waals surface area contributed by atoms with Crippen molar-refractivity contribution in [2.45, 2.75) is 25.3 Å². The van der Waals surface area contributed by atoms with Crippen LogP contribution in [0.1, 0.15) is 24.8 Å². The molecule has 0 aromatic carbocycles. The van der Waals surface area contributed by atoms with Gasteiger partial charge in [-0.15, -0.1) is 0 Å². The van der Waals surface area contributed by atoms with E-state index in [0.29, 0.717) is 12.6 Å². The van der Waals surface area contributed by atoms with Gasteiger partial charge in [0.1, 0.15) is 0 Å². The minimum atomic E-state index is -0.0300. The standard InChI is InChI=1S/C13H19N3O2/c1-15-10-11(9-14-15)5-6-13(18)16(7-8-17)12-3-2-4-12/h5-6,9-10,12,17H,2-4,7-8H2,1H3/b6-5+. The summed E-state index contributed by atoms with van der Waals surface area (Å²) < 4.78 is 1.70. The lowest BCUT2D eigenvalue weighted by molar-refractivity contribution is -0.130. The maximum absolute atomic E-state index is 12.0. The van der Waals surface area contributed by atoms with Crippen LogP contribution in [0.4, 0.5) is 0 Å². The first-order valence-electron chi connectivity index (χ1n) is 6.29. The summed E-state index contributed by atoms with van der Waals surface area (Å²) in [6.07, 6.45) is 10.2. The van der Waals surface area contributed by atoms with Crippen LogP contribution in [0.25, 0.3) is 6.08 Å². The Morgan fingerprint density at radius 3 is 2.94 bits per heavy atom. The molecule has 98 valence electrons. The van der Waals surface area contributed by atoms with Gasteiger partial charge in [0.05, 0.1) is 12.8 Å². The van der Waals surface area contributed by atoms with Crippen LogP contribution in [0.3, 0.4) is 0 Å². The van der Waals surface area contributed by atoms with E-state index in [4.69, 9.17) is 5.11 Å². The van der Waals surface area contributed by atoms with Gasteiger partial charge in [-0.2, -0.15) is 5.10 Å². The highest BCUT2D eigenvalue weighted by Gasteiger charge is 2.26. The molecule has 1 aliphatic carbocycles. The van der Waals surface area contributed by atoms with Crippen LogP contribution in [0.5, 0.6) is 0 Å². The number of carbonyl (C=O) groups is 1. The maximum atomic E-state index is 12.0. The Morgan fingerprint density at radius 1 is 1.67 bits per heavy atom. The summed E-state index contributed by atoms with van der Waals surface area (Å²) >= 11 is 0. The van der Waals surface area contributed by atoms with Gasteiger partial charge in [-0.25, -0.2) is 0 Å². The third-order valence-electron chi connectivity index (χ3n) is 3.28. The lowest BCUT2D eigenvalue weighted by Crippen LogP contribution is -2.44. The molecule has 0 aliphatic heterocycles. The lowest BCUT2D eigenvalue weighted by atomic mass is 9.91. The molecule has 0 radical (unpaired) electrons. The van der Waals surface area contributed by atoms with Crippen LogP contribution < -0.4 is 0 Å². The van der Waals surface area contributed by atoms with Gasteiger partial charge in [-0.3, -0.25) is 9.48 Å². The molecule has 1 N–H and O–H groups in total. The third kappa shape index (κ3) is 2.98. The topological polar surface area (TPSA) is 58.4 Å². The number of amides is 1. The van der Waals surface area contributed by atoms with Gasteiger partial charge in [-0.1, -0.05) is 0 Å². The number of rotatable bonds is 5. The van der Waals surface area contributed by atoms with Gasteiger partial charge >= 0.3 is 0 Å². The predicted octanol–water partition coefficient (Wildman–Crippen LogP) is 0.807. The molecule has 1 aromatic rings. The molecule has 0 saturated heterocycles. The van der Waals surface area contributed by atoms with Crippen LogP contribution in [0, 0.1) is 0 Å². The SMILES string of the molecule is Cn1cc(/C=C/C(=O)N(CCO)C2CCC2)cn1. The summed E-state index contributed by atoms with van der Waals surface area (Å²) in [5.74, 6) is -0.0300. The maximum Gasteiger partial charge on any atom is 0.246 e. The molecule has 1 fully saturated rings. The highest BCUT2D eigenvalue weighted by Crippen LogP contribution is 2.24. The van der Waals surface area contributed by atoms with E-state index in [-0.39, 0.29) is 12.5 Å². The fraction of sp³-hybridized carbons (Fsp3) is 0.538. The van der Waals surface area contributed by atoms with Gasteiger partial charge in [0.2, 0.25) is 5.91 Å². The number of aliphatic hydroxyl groups excluding tert-OH is 1. The number of carbonyl (C=O) groups excluding carboxylic acids is 1. The Balaban J connectivity index is 1.97. The monoisotopic (exact) mass is 249 g/mol. The van der Waals surface area contributed by atoms with Crippen LogP contribution in [-0.2, 0) is 11.8 Å². The summed E-state index contributed by atoms with van der Waals surface area (Å²) in [4.78, 5) is 13.8. The van der Waals surface area contributed by atoms with E-state index >= 15 is 0 Å². The molecule has 2 rings (SSSR count). The zero-order chi connectivity index (χ0) is 13.0. The van der Waals surface area contributed by atoms with E-state index in [1.54, 1.807) is 27.9 Å².